The predicted octanol–water partition coefficient (Wildman–Crippen LogP) is 5.14. The van der Waals surface area contributed by atoms with Crippen LogP contribution in [0.3, 0.4) is 0 Å². The van der Waals surface area contributed by atoms with E-state index in [0.717, 1.165) is 16.5 Å². The first-order chi connectivity index (χ1) is 17.4. The number of hydrogen-bond donors (Lipinski definition) is 3. The molecule has 0 radical (unpaired) electrons. The highest BCUT2D eigenvalue weighted by atomic mass is 35.5. The third-order valence-electron chi connectivity index (χ3n) is 6.11. The van der Waals surface area contributed by atoms with Crippen LogP contribution in [0.2, 0.25) is 5.02 Å². The number of nitrogens with one attached hydrogen (secondary N) is 2. The summed E-state index contributed by atoms with van der Waals surface area (Å²) in [7, 11) is 0. The van der Waals surface area contributed by atoms with Crippen molar-refractivity contribution in [2.45, 2.75) is 18.9 Å². The minimum Gasteiger partial charge on any atom is -0.481 e. The van der Waals surface area contributed by atoms with Crippen molar-refractivity contribution in [3.63, 3.8) is 0 Å². The zero-order valence-electron chi connectivity index (χ0n) is 19.1. The molecule has 3 N–H and O–H groups in total. The second kappa shape index (κ2) is 9.71. The Hall–Kier alpha value is -4.36. The summed E-state index contributed by atoms with van der Waals surface area (Å²) in [6, 6.07) is 23.6. The van der Waals surface area contributed by atoms with E-state index in [2.05, 4.69) is 10.4 Å². The molecule has 0 aliphatic carbocycles. The number of amides is 1. The fraction of sp³-hybridized carbons (Fsp3) is 0.107. The van der Waals surface area contributed by atoms with Gasteiger partial charge in [0.15, 0.2) is 0 Å². The highest BCUT2D eigenvalue weighted by molar-refractivity contribution is 6.31. The summed E-state index contributed by atoms with van der Waals surface area (Å²) < 4.78 is 0. The van der Waals surface area contributed by atoms with E-state index < -0.39 is 12.0 Å². The van der Waals surface area contributed by atoms with Crippen molar-refractivity contribution < 1.29 is 14.7 Å². The Morgan fingerprint density at radius 1 is 0.917 bits per heavy atom. The molecule has 36 heavy (non-hydrogen) atoms. The molecule has 5 rings (SSSR count). The van der Waals surface area contributed by atoms with Crippen LogP contribution >= 0.6 is 11.6 Å². The Balaban J connectivity index is 1.70. The SMILES string of the molecule is O=C(O)CCC(=O)N1NC(c2c(-c3ccccc3)c3cc(Cl)ccc3[nH]c2=O)=CC1c1ccccc1. The molecule has 0 spiro atoms. The van der Waals surface area contributed by atoms with E-state index in [1.807, 2.05) is 66.7 Å². The van der Waals surface area contributed by atoms with Crippen LogP contribution in [0.4, 0.5) is 0 Å². The van der Waals surface area contributed by atoms with Gasteiger partial charge < -0.3 is 10.1 Å². The number of pyridine rings is 1. The fourth-order valence-electron chi connectivity index (χ4n) is 4.48. The van der Waals surface area contributed by atoms with Crippen molar-refractivity contribution in [1.29, 1.82) is 0 Å². The van der Waals surface area contributed by atoms with E-state index in [-0.39, 0.29) is 24.3 Å². The van der Waals surface area contributed by atoms with Gasteiger partial charge in [0.25, 0.3) is 5.56 Å². The normalized spacial score (nSPS) is 15.0. The highest BCUT2D eigenvalue weighted by Gasteiger charge is 2.33. The van der Waals surface area contributed by atoms with Crippen molar-refractivity contribution >= 4 is 40.1 Å². The van der Waals surface area contributed by atoms with Crippen LogP contribution in [-0.4, -0.2) is 27.0 Å². The van der Waals surface area contributed by atoms with Crippen molar-refractivity contribution in [1.82, 2.24) is 15.4 Å². The maximum absolute atomic E-state index is 13.5. The first kappa shape index (κ1) is 23.4. The molecular formula is C28H22ClN3O4. The molecule has 180 valence electrons. The van der Waals surface area contributed by atoms with Crippen LogP contribution in [0, 0.1) is 0 Å². The molecule has 1 amide bonds. The largest absolute Gasteiger partial charge is 0.481 e. The smallest absolute Gasteiger partial charge is 0.303 e. The molecule has 0 saturated heterocycles. The van der Waals surface area contributed by atoms with Crippen LogP contribution in [0.5, 0.6) is 0 Å². The van der Waals surface area contributed by atoms with Gasteiger partial charge in [0, 0.05) is 27.9 Å². The minimum absolute atomic E-state index is 0.179. The number of aliphatic carboxylic acids is 1. The number of hydrogen-bond acceptors (Lipinski definition) is 4. The van der Waals surface area contributed by atoms with E-state index in [0.29, 0.717) is 27.4 Å². The van der Waals surface area contributed by atoms with Crippen LogP contribution in [0.25, 0.3) is 27.7 Å². The standard InChI is InChI=1S/C28H22ClN3O4/c29-19-11-12-21-20(15-19)26(18-9-5-2-6-10-18)27(28(36)30-21)22-16-23(17-7-3-1-4-8-17)32(31-22)24(33)13-14-25(34)35/h1-12,15-16,23,31H,13-14H2,(H,30,36)(H,34,35). The lowest BCUT2D eigenvalue weighted by molar-refractivity contribution is -0.142. The summed E-state index contributed by atoms with van der Waals surface area (Å²) in [5.41, 5.74) is 6.57. The van der Waals surface area contributed by atoms with Gasteiger partial charge >= 0.3 is 5.97 Å². The molecule has 8 heteroatoms. The maximum Gasteiger partial charge on any atom is 0.303 e. The van der Waals surface area contributed by atoms with Crippen molar-refractivity contribution in [3.05, 3.63) is 111 Å². The number of carbonyl (C=O) groups excluding carboxylic acids is 1. The van der Waals surface area contributed by atoms with Crippen LogP contribution in [-0.2, 0) is 9.59 Å². The van der Waals surface area contributed by atoms with E-state index in [1.165, 1.54) is 5.01 Å². The molecule has 2 heterocycles. The number of nitrogens with zero attached hydrogens (tertiary/aromatic N) is 1. The Morgan fingerprint density at radius 2 is 1.61 bits per heavy atom. The van der Waals surface area contributed by atoms with Gasteiger partial charge in [-0.2, -0.15) is 0 Å². The van der Waals surface area contributed by atoms with Crippen LogP contribution in [0.15, 0.2) is 89.7 Å². The number of rotatable bonds is 6. The zero-order chi connectivity index (χ0) is 25.2. The Kier molecular flexibility index (Phi) is 6.31. The molecule has 1 aromatic heterocycles. The molecule has 1 atom stereocenters. The predicted molar refractivity (Wildman–Crippen MR) is 139 cm³/mol. The summed E-state index contributed by atoms with van der Waals surface area (Å²) in [6.45, 7) is 0. The fourth-order valence-corrected chi connectivity index (χ4v) is 4.65. The van der Waals surface area contributed by atoms with E-state index in [1.54, 1.807) is 18.2 Å². The molecule has 3 aromatic carbocycles. The molecule has 1 aliphatic heterocycles. The molecule has 4 aromatic rings. The second-order valence-corrected chi connectivity index (χ2v) is 8.90. The number of carbonyl (C=O) groups is 2. The molecular weight excluding hydrogens is 478 g/mol. The number of H-pyrrole nitrogens is 1. The molecule has 0 bridgehead atoms. The number of carboxylic acids is 1. The first-order valence-electron chi connectivity index (χ1n) is 11.4. The number of carboxylic acid groups (broad SMARTS) is 1. The van der Waals surface area contributed by atoms with Gasteiger partial charge in [0.2, 0.25) is 5.91 Å². The number of aromatic nitrogens is 1. The molecule has 7 nitrogen and oxygen atoms in total. The Morgan fingerprint density at radius 3 is 2.31 bits per heavy atom. The van der Waals surface area contributed by atoms with Crippen molar-refractivity contribution in [2.75, 3.05) is 0 Å². The summed E-state index contributed by atoms with van der Waals surface area (Å²) in [6.07, 6.45) is 1.35. The third-order valence-corrected chi connectivity index (χ3v) is 6.35. The monoisotopic (exact) mass is 499 g/mol. The Labute approximate surface area is 211 Å². The van der Waals surface area contributed by atoms with Gasteiger partial charge in [-0.1, -0.05) is 72.3 Å². The molecule has 1 aliphatic rings. The first-order valence-corrected chi connectivity index (χ1v) is 11.8. The van der Waals surface area contributed by atoms with Gasteiger partial charge in [0.1, 0.15) is 0 Å². The van der Waals surface area contributed by atoms with E-state index in [9.17, 15) is 14.4 Å². The molecule has 0 saturated carbocycles. The topological polar surface area (TPSA) is 102 Å². The third kappa shape index (κ3) is 4.48. The van der Waals surface area contributed by atoms with Gasteiger partial charge in [-0.25, -0.2) is 5.01 Å². The summed E-state index contributed by atoms with van der Waals surface area (Å²) >= 11 is 6.34. The van der Waals surface area contributed by atoms with E-state index in [4.69, 9.17) is 16.7 Å². The minimum atomic E-state index is -1.05. The average molecular weight is 500 g/mol. The Bertz CT molecular complexity index is 1550. The van der Waals surface area contributed by atoms with Crippen LogP contribution in [0.1, 0.15) is 30.0 Å². The summed E-state index contributed by atoms with van der Waals surface area (Å²) in [4.78, 5) is 40.6. The maximum atomic E-state index is 13.5. The lowest BCUT2D eigenvalue weighted by Gasteiger charge is -2.25. The number of halogens is 1. The zero-order valence-corrected chi connectivity index (χ0v) is 19.8. The van der Waals surface area contributed by atoms with Gasteiger partial charge in [0.05, 0.1) is 23.7 Å². The second-order valence-electron chi connectivity index (χ2n) is 8.47. The van der Waals surface area contributed by atoms with Gasteiger partial charge in [-0.15, -0.1) is 0 Å². The highest BCUT2D eigenvalue weighted by Crippen LogP contribution is 2.37. The van der Waals surface area contributed by atoms with Crippen molar-refractivity contribution in [2.24, 2.45) is 0 Å². The van der Waals surface area contributed by atoms with Crippen molar-refractivity contribution in [3.8, 4) is 11.1 Å². The summed E-state index contributed by atoms with van der Waals surface area (Å²) in [5, 5.41) is 11.8. The van der Waals surface area contributed by atoms with E-state index >= 15 is 0 Å². The number of hydrazine groups is 1. The molecule has 0 fully saturated rings. The number of benzene rings is 3. The summed E-state index contributed by atoms with van der Waals surface area (Å²) in [5.74, 6) is -1.44. The average Bonchev–Trinajstić information content (AvgIpc) is 3.33. The number of aromatic amines is 1. The molecule has 1 unspecified atom stereocenters. The quantitative estimate of drug-likeness (QED) is 0.341. The lowest BCUT2D eigenvalue weighted by atomic mass is 9.94. The lowest BCUT2D eigenvalue weighted by Crippen LogP contribution is -2.40. The van der Waals surface area contributed by atoms with Gasteiger partial charge in [-0.05, 0) is 35.4 Å². The van der Waals surface area contributed by atoms with Gasteiger partial charge in [-0.3, -0.25) is 19.8 Å². The number of fused-ring (bicyclic) bond motifs is 1. The van der Waals surface area contributed by atoms with Crippen LogP contribution < -0.4 is 11.0 Å².